The molecule has 1 aliphatic rings. The summed E-state index contributed by atoms with van der Waals surface area (Å²) in [6, 6.07) is 21.8. The summed E-state index contributed by atoms with van der Waals surface area (Å²) in [7, 11) is -3.51. The second-order valence-electron chi connectivity index (χ2n) is 9.80. The van der Waals surface area contributed by atoms with Crippen molar-refractivity contribution in [2.24, 2.45) is 5.92 Å². The van der Waals surface area contributed by atoms with Crippen LogP contribution in [0.15, 0.2) is 71.6 Å². The zero-order valence-electron chi connectivity index (χ0n) is 21.1. The highest BCUT2D eigenvalue weighted by Crippen LogP contribution is 2.30. The molecule has 5 rings (SSSR count). The molecule has 0 unspecified atom stereocenters. The molecule has 6 nitrogen and oxygen atoms in total. The van der Waals surface area contributed by atoms with E-state index in [1.165, 1.54) is 0 Å². The van der Waals surface area contributed by atoms with Gasteiger partial charge in [-0.3, -0.25) is 0 Å². The van der Waals surface area contributed by atoms with Gasteiger partial charge in [-0.25, -0.2) is 13.4 Å². The van der Waals surface area contributed by atoms with E-state index >= 15 is 0 Å². The summed E-state index contributed by atoms with van der Waals surface area (Å²) in [5.74, 6) is 2.07. The number of para-hydroxylation sites is 3. The van der Waals surface area contributed by atoms with Crippen LogP contribution in [0.1, 0.15) is 35.4 Å². The largest absolute Gasteiger partial charge is 0.486 e. The summed E-state index contributed by atoms with van der Waals surface area (Å²) < 4.78 is 37.0. The van der Waals surface area contributed by atoms with Crippen LogP contribution < -0.4 is 4.74 Å². The highest BCUT2D eigenvalue weighted by atomic mass is 32.2. The van der Waals surface area contributed by atoms with E-state index in [0.29, 0.717) is 30.5 Å². The number of aryl methyl sites for hydroxylation is 3. The minimum Gasteiger partial charge on any atom is -0.486 e. The highest BCUT2D eigenvalue weighted by Gasteiger charge is 2.32. The number of ether oxygens (including phenoxy) is 1. The third-order valence-corrected chi connectivity index (χ3v) is 9.27. The summed E-state index contributed by atoms with van der Waals surface area (Å²) in [4.78, 5) is 5.31. The van der Waals surface area contributed by atoms with Crippen LogP contribution in [0, 0.1) is 26.7 Å². The number of sulfonamides is 1. The Morgan fingerprint density at radius 3 is 2.25 bits per heavy atom. The molecule has 0 spiro atoms. The molecule has 0 atom stereocenters. The van der Waals surface area contributed by atoms with Gasteiger partial charge in [0.1, 0.15) is 18.2 Å². The van der Waals surface area contributed by atoms with E-state index in [1.807, 2.05) is 81.4 Å². The Kier molecular flexibility index (Phi) is 6.86. The number of imidazole rings is 1. The first-order valence-electron chi connectivity index (χ1n) is 12.5. The van der Waals surface area contributed by atoms with Gasteiger partial charge in [0, 0.05) is 19.6 Å². The summed E-state index contributed by atoms with van der Waals surface area (Å²) in [5, 5.41) is 0. The number of rotatable bonds is 7. The summed E-state index contributed by atoms with van der Waals surface area (Å²) in [6.45, 7) is 8.03. The van der Waals surface area contributed by atoms with Gasteiger partial charge in [0.15, 0.2) is 0 Å². The molecule has 7 heteroatoms. The maximum absolute atomic E-state index is 13.5. The molecule has 1 aromatic heterocycles. The number of hydrogen-bond donors (Lipinski definition) is 0. The minimum atomic E-state index is -3.51. The summed E-state index contributed by atoms with van der Waals surface area (Å²) in [5.41, 5.74) is 4.77. The van der Waals surface area contributed by atoms with Gasteiger partial charge in [0.2, 0.25) is 10.0 Å². The highest BCUT2D eigenvalue weighted by molar-refractivity contribution is 7.89. The van der Waals surface area contributed by atoms with E-state index in [2.05, 4.69) is 10.6 Å². The van der Waals surface area contributed by atoms with Gasteiger partial charge in [0.05, 0.1) is 15.9 Å². The van der Waals surface area contributed by atoms with Crippen molar-refractivity contribution in [3.63, 3.8) is 0 Å². The molecule has 0 amide bonds. The molecule has 1 aliphatic heterocycles. The molecule has 188 valence electrons. The Bertz CT molecular complexity index is 1450. The van der Waals surface area contributed by atoms with Gasteiger partial charge >= 0.3 is 0 Å². The van der Waals surface area contributed by atoms with Gasteiger partial charge in [-0.2, -0.15) is 4.31 Å². The SMILES string of the molecule is Cc1cc(C)c(S(=O)(=O)N2CCC(Cn3c(COc4ccccc4)nc4ccccc43)CC2)c(C)c1. The normalized spacial score (nSPS) is 15.4. The first-order chi connectivity index (χ1) is 17.3. The second kappa shape index (κ2) is 10.1. The third kappa shape index (κ3) is 4.90. The van der Waals surface area contributed by atoms with E-state index in [-0.39, 0.29) is 0 Å². The van der Waals surface area contributed by atoms with E-state index in [9.17, 15) is 8.42 Å². The quantitative estimate of drug-likeness (QED) is 0.327. The smallest absolute Gasteiger partial charge is 0.243 e. The Labute approximate surface area is 213 Å². The molecule has 0 aliphatic carbocycles. The average Bonchev–Trinajstić information content (AvgIpc) is 3.20. The second-order valence-corrected chi connectivity index (χ2v) is 11.7. The zero-order chi connectivity index (χ0) is 25.3. The number of benzene rings is 3. The van der Waals surface area contributed by atoms with Crippen LogP contribution in [0.3, 0.4) is 0 Å². The number of nitrogens with zero attached hydrogens (tertiary/aromatic N) is 3. The molecule has 0 radical (unpaired) electrons. The van der Waals surface area contributed by atoms with Gasteiger partial charge in [-0.1, -0.05) is 48.0 Å². The van der Waals surface area contributed by atoms with E-state index in [0.717, 1.165) is 58.7 Å². The van der Waals surface area contributed by atoms with Crippen molar-refractivity contribution in [2.75, 3.05) is 13.1 Å². The van der Waals surface area contributed by atoms with Crippen LogP contribution in [-0.2, 0) is 23.2 Å². The maximum atomic E-state index is 13.5. The average molecular weight is 504 g/mol. The van der Waals surface area contributed by atoms with Gasteiger partial charge in [0.25, 0.3) is 0 Å². The van der Waals surface area contributed by atoms with Crippen LogP contribution >= 0.6 is 0 Å². The van der Waals surface area contributed by atoms with Crippen LogP contribution in [-0.4, -0.2) is 35.4 Å². The summed E-state index contributed by atoms with van der Waals surface area (Å²) >= 11 is 0. The van der Waals surface area contributed by atoms with Crippen LogP contribution in [0.5, 0.6) is 5.75 Å². The van der Waals surface area contributed by atoms with Crippen molar-refractivity contribution >= 4 is 21.1 Å². The monoisotopic (exact) mass is 503 g/mol. The topological polar surface area (TPSA) is 64.4 Å². The molecule has 4 aromatic rings. The molecule has 0 bridgehead atoms. The lowest BCUT2D eigenvalue weighted by molar-refractivity contribution is 0.244. The first kappa shape index (κ1) is 24.5. The summed E-state index contributed by atoms with van der Waals surface area (Å²) in [6.07, 6.45) is 1.63. The third-order valence-electron chi connectivity index (χ3n) is 7.06. The Hall–Kier alpha value is -3.16. The van der Waals surface area contributed by atoms with Crippen LogP contribution in [0.25, 0.3) is 11.0 Å². The fourth-order valence-corrected chi connectivity index (χ4v) is 7.28. The van der Waals surface area contributed by atoms with E-state index in [1.54, 1.807) is 4.31 Å². The molecule has 0 saturated carbocycles. The lowest BCUT2D eigenvalue weighted by atomic mass is 9.98. The molecule has 1 saturated heterocycles. The molecule has 3 aromatic carbocycles. The Balaban J connectivity index is 1.32. The fourth-order valence-electron chi connectivity index (χ4n) is 5.40. The molecule has 36 heavy (non-hydrogen) atoms. The van der Waals surface area contributed by atoms with Crippen molar-refractivity contribution in [1.29, 1.82) is 0 Å². The maximum Gasteiger partial charge on any atom is 0.243 e. The Morgan fingerprint density at radius 1 is 0.917 bits per heavy atom. The molecule has 1 fully saturated rings. The minimum absolute atomic E-state index is 0.366. The fraction of sp³-hybridized carbons (Fsp3) is 0.345. The lowest BCUT2D eigenvalue weighted by Gasteiger charge is -2.32. The van der Waals surface area contributed by atoms with E-state index in [4.69, 9.17) is 9.72 Å². The van der Waals surface area contributed by atoms with Crippen molar-refractivity contribution in [3.05, 3.63) is 89.2 Å². The van der Waals surface area contributed by atoms with Crippen molar-refractivity contribution in [1.82, 2.24) is 13.9 Å². The van der Waals surface area contributed by atoms with Crippen molar-refractivity contribution in [3.8, 4) is 5.75 Å². The predicted octanol–water partition coefficient (Wildman–Crippen LogP) is 5.64. The van der Waals surface area contributed by atoms with Crippen LogP contribution in [0.2, 0.25) is 0 Å². The lowest BCUT2D eigenvalue weighted by Crippen LogP contribution is -2.40. The van der Waals surface area contributed by atoms with Crippen molar-refractivity contribution in [2.45, 2.75) is 51.7 Å². The Morgan fingerprint density at radius 2 is 1.56 bits per heavy atom. The molecular weight excluding hydrogens is 470 g/mol. The van der Waals surface area contributed by atoms with Crippen molar-refractivity contribution < 1.29 is 13.2 Å². The van der Waals surface area contributed by atoms with Gasteiger partial charge in [-0.15, -0.1) is 0 Å². The molecule has 2 heterocycles. The standard InChI is InChI=1S/C29H33N3O3S/c1-21-17-22(2)29(23(3)18-21)36(33,34)31-15-13-24(14-16-31)19-32-27-12-8-7-11-26(27)30-28(32)20-35-25-9-5-4-6-10-25/h4-12,17-18,24H,13-16,19-20H2,1-3H3. The van der Waals surface area contributed by atoms with E-state index < -0.39 is 10.0 Å². The predicted molar refractivity (Wildman–Crippen MR) is 143 cm³/mol. The number of fused-ring (bicyclic) bond motifs is 1. The zero-order valence-corrected chi connectivity index (χ0v) is 22.0. The number of aromatic nitrogens is 2. The van der Waals surface area contributed by atoms with Gasteiger partial charge in [-0.05, 0) is 74.9 Å². The van der Waals surface area contributed by atoms with Gasteiger partial charge < -0.3 is 9.30 Å². The number of hydrogen-bond acceptors (Lipinski definition) is 4. The number of piperidine rings is 1. The first-order valence-corrected chi connectivity index (χ1v) is 14.0. The molecular formula is C29H33N3O3S. The van der Waals surface area contributed by atoms with Crippen LogP contribution in [0.4, 0.5) is 0 Å². The molecule has 0 N–H and O–H groups in total.